The number of amides is 1. The van der Waals surface area contributed by atoms with Crippen LogP contribution in [0, 0.1) is 0 Å². The monoisotopic (exact) mass is 414 g/mol. The Morgan fingerprint density at radius 1 is 1.14 bits per heavy atom. The van der Waals surface area contributed by atoms with Gasteiger partial charge in [-0.25, -0.2) is 0 Å². The van der Waals surface area contributed by atoms with Crippen LogP contribution in [0.4, 0.5) is 0 Å². The molecule has 29 heavy (non-hydrogen) atoms. The largest absolute Gasteiger partial charge is 0.508 e. The minimum absolute atomic E-state index is 0.0873. The number of nitrogens with one attached hydrogen (secondary N) is 1. The van der Waals surface area contributed by atoms with Gasteiger partial charge < -0.3 is 15.2 Å². The van der Waals surface area contributed by atoms with Crippen LogP contribution in [0.2, 0.25) is 0 Å². The topological polar surface area (TPSA) is 61.8 Å². The van der Waals surface area contributed by atoms with Crippen LogP contribution >= 0.6 is 11.8 Å². The molecular weight excluding hydrogens is 384 g/mol. The highest BCUT2D eigenvalue weighted by Gasteiger charge is 2.13. The second-order valence-corrected chi connectivity index (χ2v) is 8.91. The average molecular weight is 415 g/mol. The first-order valence-electron chi connectivity index (χ1n) is 10.2. The molecule has 5 nitrogen and oxygen atoms in total. The van der Waals surface area contributed by atoms with Gasteiger partial charge in [-0.2, -0.15) is 0 Å². The fourth-order valence-corrected chi connectivity index (χ4v) is 4.31. The summed E-state index contributed by atoms with van der Waals surface area (Å²) >= 11 is 1.72. The van der Waals surface area contributed by atoms with E-state index in [1.807, 2.05) is 18.2 Å². The lowest BCUT2D eigenvalue weighted by Gasteiger charge is -2.27. The van der Waals surface area contributed by atoms with Crippen LogP contribution in [0.25, 0.3) is 0 Å². The van der Waals surface area contributed by atoms with Crippen LogP contribution in [0.5, 0.6) is 5.75 Å². The van der Waals surface area contributed by atoms with Crippen LogP contribution in [0.3, 0.4) is 0 Å². The summed E-state index contributed by atoms with van der Waals surface area (Å²) in [5.74, 6) is 0.361. The number of rotatable bonds is 9. The van der Waals surface area contributed by atoms with Crippen LogP contribution in [-0.2, 0) is 22.6 Å². The van der Waals surface area contributed by atoms with Gasteiger partial charge in [0.15, 0.2) is 0 Å². The zero-order valence-corrected chi connectivity index (χ0v) is 17.8. The molecule has 1 heterocycles. The third-order valence-electron chi connectivity index (χ3n) is 5.04. The molecule has 156 valence electrons. The van der Waals surface area contributed by atoms with E-state index >= 15 is 0 Å². The highest BCUT2D eigenvalue weighted by Crippen LogP contribution is 2.27. The first kappa shape index (κ1) is 21.7. The molecule has 0 aliphatic carbocycles. The van der Waals surface area contributed by atoms with Crippen molar-refractivity contribution >= 4 is 17.7 Å². The quantitative estimate of drug-likeness (QED) is 0.611. The second kappa shape index (κ2) is 11.2. The summed E-state index contributed by atoms with van der Waals surface area (Å²) in [5.41, 5.74) is 2.45. The molecule has 1 unspecified atom stereocenters. The molecule has 1 saturated heterocycles. The summed E-state index contributed by atoms with van der Waals surface area (Å²) in [5, 5.41) is 12.8. The van der Waals surface area contributed by atoms with Gasteiger partial charge in [0.1, 0.15) is 5.75 Å². The molecule has 1 amide bonds. The van der Waals surface area contributed by atoms with Crippen LogP contribution in [0.15, 0.2) is 53.4 Å². The molecule has 1 aliphatic heterocycles. The summed E-state index contributed by atoms with van der Waals surface area (Å²) in [6.45, 7) is 7.09. The van der Waals surface area contributed by atoms with Crippen molar-refractivity contribution in [3.05, 3.63) is 59.7 Å². The molecule has 0 spiro atoms. The molecule has 2 aromatic rings. The van der Waals surface area contributed by atoms with E-state index in [0.29, 0.717) is 18.2 Å². The maximum Gasteiger partial charge on any atom is 0.220 e. The number of morpholine rings is 1. The number of phenols is 1. The minimum atomic E-state index is 0.0873. The molecule has 0 radical (unpaired) electrons. The normalized spacial score (nSPS) is 15.8. The molecule has 1 aliphatic rings. The maximum atomic E-state index is 12.3. The maximum absolute atomic E-state index is 12.3. The summed E-state index contributed by atoms with van der Waals surface area (Å²) < 4.78 is 5.42. The number of hydrogen-bond donors (Lipinski definition) is 2. The number of hydrogen-bond acceptors (Lipinski definition) is 5. The summed E-state index contributed by atoms with van der Waals surface area (Å²) in [6, 6.07) is 15.5. The average Bonchev–Trinajstić information content (AvgIpc) is 2.74. The van der Waals surface area contributed by atoms with Crippen molar-refractivity contribution in [3.8, 4) is 5.75 Å². The number of carbonyl (C=O) groups is 1. The van der Waals surface area contributed by atoms with E-state index in [9.17, 15) is 9.90 Å². The summed E-state index contributed by atoms with van der Waals surface area (Å²) in [7, 11) is 0. The molecule has 1 fully saturated rings. The first-order valence-corrected chi connectivity index (χ1v) is 11.1. The van der Waals surface area contributed by atoms with E-state index in [0.717, 1.165) is 44.2 Å². The fourth-order valence-electron chi connectivity index (χ4n) is 3.32. The van der Waals surface area contributed by atoms with Gasteiger partial charge in [0.2, 0.25) is 5.91 Å². The van der Waals surface area contributed by atoms with E-state index in [1.165, 1.54) is 11.1 Å². The Kier molecular flexibility index (Phi) is 8.40. The lowest BCUT2D eigenvalue weighted by atomic mass is 10.1. The van der Waals surface area contributed by atoms with Gasteiger partial charge >= 0.3 is 0 Å². The van der Waals surface area contributed by atoms with Gasteiger partial charge in [0.25, 0.3) is 0 Å². The van der Waals surface area contributed by atoms with Gasteiger partial charge in [0, 0.05) is 42.7 Å². The van der Waals surface area contributed by atoms with Crippen LogP contribution < -0.4 is 5.32 Å². The molecule has 0 aromatic heterocycles. The molecule has 0 bridgehead atoms. The van der Waals surface area contributed by atoms with E-state index in [-0.39, 0.29) is 11.7 Å². The van der Waals surface area contributed by atoms with Gasteiger partial charge in [0.05, 0.1) is 13.2 Å². The standard InChI is InChI=1S/C23H30N2O3S/c1-18(29-22-9-7-21(26)8-10-22)6-11-23(27)24-16-19-4-2-3-5-20(19)17-25-12-14-28-15-13-25/h2-5,7-10,18,26H,6,11-17H2,1H3,(H,24,27). The van der Waals surface area contributed by atoms with E-state index in [2.05, 4.69) is 35.3 Å². The molecule has 3 rings (SSSR count). The molecule has 2 N–H and O–H groups in total. The van der Waals surface area contributed by atoms with Crippen molar-refractivity contribution in [2.24, 2.45) is 0 Å². The number of ether oxygens (including phenoxy) is 1. The number of nitrogens with zero attached hydrogens (tertiary/aromatic N) is 1. The zero-order valence-electron chi connectivity index (χ0n) is 17.0. The summed E-state index contributed by atoms with van der Waals surface area (Å²) in [4.78, 5) is 15.8. The molecule has 2 aromatic carbocycles. The molecule has 1 atom stereocenters. The van der Waals surface area contributed by atoms with Crippen molar-refractivity contribution < 1.29 is 14.6 Å². The van der Waals surface area contributed by atoms with Crippen molar-refractivity contribution in [1.82, 2.24) is 10.2 Å². The smallest absolute Gasteiger partial charge is 0.220 e. The third kappa shape index (κ3) is 7.38. The second-order valence-electron chi connectivity index (χ2n) is 7.40. The lowest BCUT2D eigenvalue weighted by molar-refractivity contribution is -0.121. The Morgan fingerprint density at radius 2 is 1.83 bits per heavy atom. The molecular formula is C23H30N2O3S. The Bertz CT molecular complexity index is 776. The Hall–Kier alpha value is -2.02. The SMILES string of the molecule is CC(CCC(=O)NCc1ccccc1CN1CCOCC1)Sc1ccc(O)cc1. The number of thioether (sulfide) groups is 1. The third-order valence-corrected chi connectivity index (χ3v) is 6.23. The molecule has 6 heteroatoms. The Morgan fingerprint density at radius 3 is 2.55 bits per heavy atom. The lowest BCUT2D eigenvalue weighted by Crippen LogP contribution is -2.36. The fraction of sp³-hybridized carbons (Fsp3) is 0.435. The zero-order chi connectivity index (χ0) is 20.5. The number of phenolic OH excluding ortho intramolecular Hbond substituents is 1. The van der Waals surface area contributed by atoms with Crippen molar-refractivity contribution in [2.75, 3.05) is 26.3 Å². The van der Waals surface area contributed by atoms with Crippen molar-refractivity contribution in [2.45, 2.75) is 43.0 Å². The van der Waals surface area contributed by atoms with E-state index in [1.54, 1.807) is 23.9 Å². The van der Waals surface area contributed by atoms with Gasteiger partial charge in [-0.05, 0) is 41.8 Å². The van der Waals surface area contributed by atoms with E-state index in [4.69, 9.17) is 4.74 Å². The highest BCUT2D eigenvalue weighted by atomic mass is 32.2. The first-order chi connectivity index (χ1) is 14.1. The summed E-state index contributed by atoms with van der Waals surface area (Å²) in [6.07, 6.45) is 1.32. The van der Waals surface area contributed by atoms with Crippen LogP contribution in [0.1, 0.15) is 30.9 Å². The molecule has 0 saturated carbocycles. The van der Waals surface area contributed by atoms with E-state index < -0.39 is 0 Å². The van der Waals surface area contributed by atoms with Crippen molar-refractivity contribution in [1.29, 1.82) is 0 Å². The van der Waals surface area contributed by atoms with Gasteiger partial charge in [-0.15, -0.1) is 11.8 Å². The Labute approximate surface area is 177 Å². The minimum Gasteiger partial charge on any atom is -0.508 e. The van der Waals surface area contributed by atoms with Gasteiger partial charge in [-0.3, -0.25) is 9.69 Å². The number of carbonyl (C=O) groups excluding carboxylic acids is 1. The highest BCUT2D eigenvalue weighted by molar-refractivity contribution is 7.99. The Balaban J connectivity index is 1.42. The predicted octanol–water partition coefficient (Wildman–Crippen LogP) is 3.80. The van der Waals surface area contributed by atoms with Gasteiger partial charge in [-0.1, -0.05) is 31.2 Å². The predicted molar refractivity (Wildman–Crippen MR) is 117 cm³/mol. The number of benzene rings is 2. The number of aromatic hydroxyl groups is 1. The van der Waals surface area contributed by atoms with Crippen LogP contribution in [-0.4, -0.2) is 47.5 Å². The van der Waals surface area contributed by atoms with Crippen molar-refractivity contribution in [3.63, 3.8) is 0 Å².